The number of benzene rings is 2. The highest BCUT2D eigenvalue weighted by atomic mass is 32.2. The van der Waals surface area contributed by atoms with Gasteiger partial charge in [-0.2, -0.15) is 0 Å². The summed E-state index contributed by atoms with van der Waals surface area (Å²) in [4.78, 5) is 4.63. The van der Waals surface area contributed by atoms with Gasteiger partial charge in [0.15, 0.2) is 0 Å². The van der Waals surface area contributed by atoms with E-state index in [4.69, 9.17) is 4.42 Å². The monoisotopic (exact) mass is 293 g/mol. The lowest BCUT2D eigenvalue weighted by molar-refractivity contribution is 0.567. The molecule has 1 aliphatic heterocycles. The van der Waals surface area contributed by atoms with Gasteiger partial charge in [-0.25, -0.2) is 0 Å². The molecule has 1 aromatic heterocycles. The Morgan fingerprint density at radius 2 is 1.76 bits per heavy atom. The van der Waals surface area contributed by atoms with Crippen LogP contribution in [0.25, 0.3) is 0 Å². The van der Waals surface area contributed by atoms with Gasteiger partial charge in [-0.3, -0.25) is 4.90 Å². The standard InChI is InChI=1S/C18H15NOS/c1-12-7-8-14(13(2)11-12)19-15-5-3-4-6-16(15)21-17-9-10-20-18(17)19/h3-11H,1-2H3. The molecule has 0 unspecified atom stereocenters. The van der Waals surface area contributed by atoms with Crippen LogP contribution in [0.2, 0.25) is 0 Å². The minimum Gasteiger partial charge on any atom is -0.447 e. The van der Waals surface area contributed by atoms with Crippen LogP contribution >= 0.6 is 11.8 Å². The molecule has 3 aromatic rings. The van der Waals surface area contributed by atoms with Gasteiger partial charge in [0.25, 0.3) is 0 Å². The normalized spacial score (nSPS) is 13.0. The van der Waals surface area contributed by atoms with Gasteiger partial charge in [0.2, 0.25) is 5.88 Å². The molecular formula is C18H15NOS. The number of furan rings is 1. The molecule has 1 aliphatic rings. The van der Waals surface area contributed by atoms with Crippen LogP contribution in [0.5, 0.6) is 0 Å². The van der Waals surface area contributed by atoms with Crippen LogP contribution in [0.1, 0.15) is 11.1 Å². The van der Waals surface area contributed by atoms with Crippen LogP contribution in [0.15, 0.2) is 69.0 Å². The second-order valence-corrected chi connectivity index (χ2v) is 6.37. The van der Waals surface area contributed by atoms with E-state index in [1.165, 1.54) is 27.4 Å². The third-order valence-electron chi connectivity index (χ3n) is 3.73. The van der Waals surface area contributed by atoms with Crippen molar-refractivity contribution in [2.24, 2.45) is 0 Å². The van der Waals surface area contributed by atoms with Crippen molar-refractivity contribution in [3.05, 3.63) is 65.9 Å². The number of fused-ring (bicyclic) bond motifs is 2. The van der Waals surface area contributed by atoms with E-state index in [-0.39, 0.29) is 0 Å². The molecule has 0 amide bonds. The summed E-state index contributed by atoms with van der Waals surface area (Å²) in [5.74, 6) is 0.908. The van der Waals surface area contributed by atoms with Gasteiger partial charge in [-0.1, -0.05) is 41.6 Å². The van der Waals surface area contributed by atoms with Gasteiger partial charge >= 0.3 is 0 Å². The molecule has 0 radical (unpaired) electrons. The van der Waals surface area contributed by atoms with Gasteiger partial charge in [-0.15, -0.1) is 0 Å². The Hall–Kier alpha value is -2.13. The van der Waals surface area contributed by atoms with Gasteiger partial charge < -0.3 is 4.42 Å². The molecule has 0 bridgehead atoms. The van der Waals surface area contributed by atoms with Crippen molar-refractivity contribution < 1.29 is 4.42 Å². The predicted octanol–water partition coefficient (Wildman–Crippen LogP) is 5.83. The Kier molecular flexibility index (Phi) is 2.82. The molecule has 0 N–H and O–H groups in total. The van der Waals surface area contributed by atoms with Gasteiger partial charge in [0, 0.05) is 4.90 Å². The third-order valence-corrected chi connectivity index (χ3v) is 4.83. The maximum atomic E-state index is 5.77. The quantitative estimate of drug-likeness (QED) is 0.439. The molecule has 4 rings (SSSR count). The first-order valence-electron chi connectivity index (χ1n) is 6.96. The Morgan fingerprint density at radius 3 is 2.62 bits per heavy atom. The lowest BCUT2D eigenvalue weighted by Crippen LogP contribution is -2.14. The average Bonchev–Trinajstić information content (AvgIpc) is 2.93. The van der Waals surface area contributed by atoms with Crippen molar-refractivity contribution in [2.45, 2.75) is 23.6 Å². The zero-order valence-corrected chi connectivity index (χ0v) is 12.8. The third kappa shape index (κ3) is 1.96. The highest BCUT2D eigenvalue weighted by molar-refractivity contribution is 7.99. The zero-order valence-electron chi connectivity index (χ0n) is 12.0. The summed E-state index contributed by atoms with van der Waals surface area (Å²) in [5.41, 5.74) is 4.87. The Balaban J connectivity index is 1.97. The molecule has 21 heavy (non-hydrogen) atoms. The number of nitrogens with zero attached hydrogens (tertiary/aromatic N) is 1. The van der Waals surface area contributed by atoms with Crippen LogP contribution in [0.3, 0.4) is 0 Å². The largest absolute Gasteiger partial charge is 0.447 e. The molecule has 0 aliphatic carbocycles. The first-order valence-corrected chi connectivity index (χ1v) is 7.77. The van der Waals surface area contributed by atoms with Crippen molar-refractivity contribution in [2.75, 3.05) is 4.90 Å². The van der Waals surface area contributed by atoms with Crippen molar-refractivity contribution in [1.82, 2.24) is 0 Å². The van der Waals surface area contributed by atoms with Crippen molar-refractivity contribution in [3.8, 4) is 0 Å². The molecule has 2 aromatic carbocycles. The Labute approximate surface area is 128 Å². The molecule has 0 saturated heterocycles. The van der Waals surface area contributed by atoms with Crippen molar-refractivity contribution in [3.63, 3.8) is 0 Å². The topological polar surface area (TPSA) is 16.4 Å². The second kappa shape index (κ2) is 4.71. The lowest BCUT2D eigenvalue weighted by Gasteiger charge is -2.30. The predicted molar refractivity (Wildman–Crippen MR) is 87.0 cm³/mol. The Bertz CT molecular complexity index is 822. The van der Waals surface area contributed by atoms with Crippen molar-refractivity contribution >= 4 is 29.0 Å². The average molecular weight is 293 g/mol. The molecule has 3 heteroatoms. The van der Waals surface area contributed by atoms with E-state index < -0.39 is 0 Å². The van der Waals surface area contributed by atoms with E-state index in [1.807, 2.05) is 6.07 Å². The van der Waals surface area contributed by atoms with E-state index in [9.17, 15) is 0 Å². The first kappa shape index (κ1) is 12.6. The summed E-state index contributed by atoms with van der Waals surface area (Å²) in [6.45, 7) is 4.27. The SMILES string of the molecule is Cc1ccc(N2c3ccccc3Sc3ccoc32)c(C)c1. The van der Waals surface area contributed by atoms with Gasteiger partial charge in [-0.05, 0) is 43.7 Å². The fraction of sp³-hybridized carbons (Fsp3) is 0.111. The maximum Gasteiger partial charge on any atom is 0.218 e. The summed E-state index contributed by atoms with van der Waals surface area (Å²) in [6, 6.07) is 17.0. The summed E-state index contributed by atoms with van der Waals surface area (Å²) < 4.78 is 5.77. The zero-order chi connectivity index (χ0) is 14.4. The molecule has 2 heterocycles. The molecular weight excluding hydrogens is 278 g/mol. The summed E-state index contributed by atoms with van der Waals surface area (Å²) in [6.07, 6.45) is 1.76. The van der Waals surface area contributed by atoms with Gasteiger partial charge in [0.1, 0.15) is 0 Å². The van der Waals surface area contributed by atoms with E-state index in [2.05, 4.69) is 61.2 Å². The summed E-state index contributed by atoms with van der Waals surface area (Å²) in [5, 5.41) is 0. The summed E-state index contributed by atoms with van der Waals surface area (Å²) in [7, 11) is 0. The number of rotatable bonds is 1. The number of aryl methyl sites for hydroxylation is 2. The molecule has 0 fully saturated rings. The number of hydrogen-bond acceptors (Lipinski definition) is 3. The molecule has 0 saturated carbocycles. The Morgan fingerprint density at radius 1 is 0.905 bits per heavy atom. The molecule has 2 nitrogen and oxygen atoms in total. The minimum absolute atomic E-state index is 0.908. The summed E-state index contributed by atoms with van der Waals surface area (Å²) >= 11 is 1.76. The fourth-order valence-electron chi connectivity index (χ4n) is 2.78. The van der Waals surface area contributed by atoms with Crippen LogP contribution < -0.4 is 4.90 Å². The first-order chi connectivity index (χ1) is 10.2. The van der Waals surface area contributed by atoms with E-state index in [1.54, 1.807) is 18.0 Å². The molecule has 104 valence electrons. The van der Waals surface area contributed by atoms with Gasteiger partial charge in [0.05, 0.1) is 22.5 Å². The smallest absolute Gasteiger partial charge is 0.218 e. The van der Waals surface area contributed by atoms with Crippen LogP contribution in [-0.2, 0) is 0 Å². The minimum atomic E-state index is 0.908. The van der Waals surface area contributed by atoms with E-state index >= 15 is 0 Å². The van der Waals surface area contributed by atoms with Crippen molar-refractivity contribution in [1.29, 1.82) is 0 Å². The highest BCUT2D eigenvalue weighted by Gasteiger charge is 2.27. The highest BCUT2D eigenvalue weighted by Crippen LogP contribution is 2.52. The molecule has 0 atom stereocenters. The van der Waals surface area contributed by atoms with E-state index in [0.29, 0.717) is 0 Å². The van der Waals surface area contributed by atoms with Crippen LogP contribution in [0, 0.1) is 13.8 Å². The second-order valence-electron chi connectivity index (χ2n) is 5.29. The van der Waals surface area contributed by atoms with Crippen LogP contribution in [-0.4, -0.2) is 0 Å². The molecule has 0 spiro atoms. The number of hydrogen-bond donors (Lipinski definition) is 0. The lowest BCUT2D eigenvalue weighted by atomic mass is 10.1. The number of anilines is 3. The van der Waals surface area contributed by atoms with Crippen LogP contribution in [0.4, 0.5) is 17.3 Å². The fourth-order valence-corrected chi connectivity index (χ4v) is 3.78. The van der Waals surface area contributed by atoms with E-state index in [0.717, 1.165) is 10.8 Å². The number of para-hydroxylation sites is 1. The maximum absolute atomic E-state index is 5.77.